The maximum Gasteiger partial charge on any atom is 0.243 e. The highest BCUT2D eigenvalue weighted by atomic mass is 32.2. The lowest BCUT2D eigenvalue weighted by atomic mass is 9.97. The third-order valence-electron chi connectivity index (χ3n) is 5.12. The molecule has 0 saturated carbocycles. The molecule has 1 aliphatic rings. The first kappa shape index (κ1) is 21.3. The van der Waals surface area contributed by atoms with Crippen molar-refractivity contribution in [2.75, 3.05) is 19.7 Å². The summed E-state index contributed by atoms with van der Waals surface area (Å²) >= 11 is 0. The number of piperidine rings is 1. The highest BCUT2D eigenvalue weighted by Crippen LogP contribution is 2.24. The molecule has 1 unspecified atom stereocenters. The van der Waals surface area contributed by atoms with Crippen LogP contribution in [-0.2, 0) is 14.8 Å². The van der Waals surface area contributed by atoms with Gasteiger partial charge in [0.15, 0.2) is 0 Å². The average molecular weight is 417 g/mol. The number of hydrogen-bond donors (Lipinski definition) is 1. The fourth-order valence-electron chi connectivity index (χ4n) is 3.36. The molecule has 1 aliphatic heterocycles. The molecule has 3 rings (SSSR count). The Balaban J connectivity index is 1.46. The lowest BCUT2D eigenvalue weighted by molar-refractivity contribution is -0.126. The molecule has 1 N–H and O–H groups in total. The van der Waals surface area contributed by atoms with Crippen LogP contribution in [0.2, 0.25) is 0 Å². The monoisotopic (exact) mass is 416 g/mol. The number of carbonyl (C=O) groups is 1. The van der Waals surface area contributed by atoms with Crippen LogP contribution in [0.15, 0.2) is 59.5 Å². The van der Waals surface area contributed by atoms with Crippen LogP contribution in [0.5, 0.6) is 5.75 Å². The van der Waals surface area contributed by atoms with E-state index in [0.717, 1.165) is 5.75 Å². The molecule has 1 atom stereocenters. The van der Waals surface area contributed by atoms with Crippen molar-refractivity contribution < 1.29 is 17.9 Å². The van der Waals surface area contributed by atoms with Crippen LogP contribution in [0.4, 0.5) is 0 Å². The van der Waals surface area contributed by atoms with Crippen LogP contribution < -0.4 is 10.1 Å². The zero-order chi connectivity index (χ0) is 20.9. The first-order valence-electron chi connectivity index (χ1n) is 9.91. The van der Waals surface area contributed by atoms with Crippen LogP contribution in [-0.4, -0.2) is 44.4 Å². The summed E-state index contributed by atoms with van der Waals surface area (Å²) in [7, 11) is -3.49. The summed E-state index contributed by atoms with van der Waals surface area (Å²) < 4.78 is 32.6. The number of hydrogen-bond acceptors (Lipinski definition) is 4. The Morgan fingerprint density at radius 3 is 2.34 bits per heavy atom. The quantitative estimate of drug-likeness (QED) is 0.753. The molecule has 2 aromatic rings. The van der Waals surface area contributed by atoms with Crippen molar-refractivity contribution in [3.05, 3.63) is 60.2 Å². The molecule has 0 spiro atoms. The number of rotatable bonds is 7. The number of amides is 1. The highest BCUT2D eigenvalue weighted by Gasteiger charge is 2.32. The number of carbonyl (C=O) groups excluding carboxylic acids is 1. The molecule has 2 aromatic carbocycles. The summed E-state index contributed by atoms with van der Waals surface area (Å²) in [6.07, 6.45) is 1.03. The number of nitrogens with zero attached hydrogens (tertiary/aromatic N) is 1. The minimum absolute atomic E-state index is 0.0400. The second kappa shape index (κ2) is 9.41. The van der Waals surface area contributed by atoms with Crippen LogP contribution >= 0.6 is 0 Å². The zero-order valence-corrected chi connectivity index (χ0v) is 17.7. The maximum atomic E-state index is 12.7. The molecule has 156 valence electrons. The molecule has 6 nitrogen and oxygen atoms in total. The van der Waals surface area contributed by atoms with Crippen LogP contribution in [0.1, 0.15) is 25.3 Å². The van der Waals surface area contributed by atoms with Gasteiger partial charge in [-0.1, -0.05) is 35.9 Å². The molecule has 1 heterocycles. The van der Waals surface area contributed by atoms with Crippen molar-refractivity contribution >= 4 is 15.9 Å². The number of benzene rings is 2. The Hall–Kier alpha value is -2.38. The van der Waals surface area contributed by atoms with E-state index >= 15 is 0 Å². The van der Waals surface area contributed by atoms with E-state index in [1.54, 1.807) is 30.3 Å². The summed E-state index contributed by atoms with van der Waals surface area (Å²) in [5.74, 6) is 0.553. The van der Waals surface area contributed by atoms with E-state index < -0.39 is 10.0 Å². The van der Waals surface area contributed by atoms with Crippen LogP contribution in [0.3, 0.4) is 0 Å². The van der Waals surface area contributed by atoms with E-state index in [-0.39, 0.29) is 17.9 Å². The first-order chi connectivity index (χ1) is 13.9. The fourth-order valence-corrected chi connectivity index (χ4v) is 4.85. The smallest absolute Gasteiger partial charge is 0.243 e. The summed E-state index contributed by atoms with van der Waals surface area (Å²) in [4.78, 5) is 12.9. The lowest BCUT2D eigenvalue weighted by Crippen LogP contribution is -2.45. The Bertz CT molecular complexity index is 906. The van der Waals surface area contributed by atoms with E-state index in [2.05, 4.69) is 5.32 Å². The van der Waals surface area contributed by atoms with Gasteiger partial charge in [0, 0.05) is 19.0 Å². The Morgan fingerprint density at radius 2 is 1.72 bits per heavy atom. The number of ether oxygens (including phenoxy) is 1. The van der Waals surface area contributed by atoms with Crippen LogP contribution in [0, 0.1) is 12.8 Å². The van der Waals surface area contributed by atoms with Crippen molar-refractivity contribution in [1.82, 2.24) is 9.62 Å². The van der Waals surface area contributed by atoms with Crippen LogP contribution in [0.25, 0.3) is 0 Å². The standard InChI is InChI=1S/C22H28N2O4S/c1-17-8-10-20(11-9-17)28-16-18(2)23-22(25)19-12-14-24(15-13-19)29(26,27)21-6-4-3-5-7-21/h3-11,18-19H,12-16H2,1-2H3,(H,23,25). The molecule has 0 aromatic heterocycles. The molecule has 0 aliphatic carbocycles. The van der Waals surface area contributed by atoms with Gasteiger partial charge in [-0.05, 0) is 51.0 Å². The molecular formula is C22H28N2O4S. The van der Waals surface area contributed by atoms with E-state index in [1.165, 1.54) is 9.87 Å². The fraction of sp³-hybridized carbons (Fsp3) is 0.409. The van der Waals surface area contributed by atoms with Gasteiger partial charge in [-0.15, -0.1) is 0 Å². The molecule has 7 heteroatoms. The lowest BCUT2D eigenvalue weighted by Gasteiger charge is -2.31. The topological polar surface area (TPSA) is 75.7 Å². The van der Waals surface area contributed by atoms with Gasteiger partial charge in [0.1, 0.15) is 12.4 Å². The Morgan fingerprint density at radius 1 is 1.10 bits per heavy atom. The van der Waals surface area contributed by atoms with Gasteiger partial charge in [0.2, 0.25) is 15.9 Å². The first-order valence-corrected chi connectivity index (χ1v) is 11.4. The van der Waals surface area contributed by atoms with E-state index in [4.69, 9.17) is 4.74 Å². The van der Waals surface area contributed by atoms with E-state index in [1.807, 2.05) is 38.1 Å². The number of nitrogens with one attached hydrogen (secondary N) is 1. The van der Waals surface area contributed by atoms with Gasteiger partial charge < -0.3 is 10.1 Å². The second-order valence-electron chi connectivity index (χ2n) is 7.53. The molecule has 1 fully saturated rings. The van der Waals surface area contributed by atoms with Gasteiger partial charge in [-0.2, -0.15) is 4.31 Å². The third kappa shape index (κ3) is 5.58. The summed E-state index contributed by atoms with van der Waals surface area (Å²) in [5, 5.41) is 2.98. The van der Waals surface area contributed by atoms with Crippen molar-refractivity contribution in [2.45, 2.75) is 37.6 Å². The SMILES string of the molecule is Cc1ccc(OCC(C)NC(=O)C2CCN(S(=O)(=O)c3ccccc3)CC2)cc1. The minimum atomic E-state index is -3.49. The molecule has 0 bridgehead atoms. The van der Waals surface area contributed by atoms with E-state index in [0.29, 0.717) is 37.4 Å². The van der Waals surface area contributed by atoms with E-state index in [9.17, 15) is 13.2 Å². The predicted octanol–water partition coefficient (Wildman–Crippen LogP) is 2.98. The highest BCUT2D eigenvalue weighted by molar-refractivity contribution is 7.89. The molecule has 1 amide bonds. The zero-order valence-electron chi connectivity index (χ0n) is 16.9. The Labute approximate surface area is 172 Å². The molecular weight excluding hydrogens is 388 g/mol. The van der Waals surface area contributed by atoms with Crippen molar-refractivity contribution in [2.24, 2.45) is 5.92 Å². The minimum Gasteiger partial charge on any atom is -0.491 e. The number of aryl methyl sites for hydroxylation is 1. The molecule has 29 heavy (non-hydrogen) atoms. The van der Waals surface area contributed by atoms with Crippen molar-refractivity contribution in [1.29, 1.82) is 0 Å². The predicted molar refractivity (Wildman–Crippen MR) is 112 cm³/mol. The Kier molecular flexibility index (Phi) is 6.92. The van der Waals surface area contributed by atoms with Crippen molar-refractivity contribution in [3.63, 3.8) is 0 Å². The van der Waals surface area contributed by atoms with Gasteiger partial charge in [0.25, 0.3) is 0 Å². The summed E-state index contributed by atoms with van der Waals surface area (Å²) in [6, 6.07) is 16.1. The largest absolute Gasteiger partial charge is 0.491 e. The average Bonchev–Trinajstić information content (AvgIpc) is 2.74. The van der Waals surface area contributed by atoms with Gasteiger partial charge in [0.05, 0.1) is 10.9 Å². The maximum absolute atomic E-state index is 12.7. The van der Waals surface area contributed by atoms with Gasteiger partial charge in [-0.25, -0.2) is 8.42 Å². The molecule has 0 radical (unpaired) electrons. The van der Waals surface area contributed by atoms with Crippen molar-refractivity contribution in [3.8, 4) is 5.75 Å². The van der Waals surface area contributed by atoms with Gasteiger partial charge >= 0.3 is 0 Å². The number of sulfonamides is 1. The normalized spacial score (nSPS) is 16.9. The summed E-state index contributed by atoms with van der Waals surface area (Å²) in [5.41, 5.74) is 1.17. The molecule has 1 saturated heterocycles. The van der Waals surface area contributed by atoms with Gasteiger partial charge in [-0.3, -0.25) is 4.79 Å². The summed E-state index contributed by atoms with van der Waals surface area (Å²) in [6.45, 7) is 5.01. The second-order valence-corrected chi connectivity index (χ2v) is 9.46. The third-order valence-corrected chi connectivity index (χ3v) is 7.03.